The van der Waals surface area contributed by atoms with Crippen LogP contribution in [0, 0.1) is 11.8 Å². The summed E-state index contributed by atoms with van der Waals surface area (Å²) in [6, 6.07) is 11.6. The quantitative estimate of drug-likeness (QED) is 0.589. The molecule has 0 saturated heterocycles. The van der Waals surface area contributed by atoms with E-state index in [1.807, 2.05) is 41.3 Å². The first kappa shape index (κ1) is 21.7. The largest absolute Gasteiger partial charge is 0.465 e. The Labute approximate surface area is 195 Å². The summed E-state index contributed by atoms with van der Waals surface area (Å²) in [6.07, 6.45) is 4.02. The molecule has 6 heteroatoms. The summed E-state index contributed by atoms with van der Waals surface area (Å²) >= 11 is 1.35. The van der Waals surface area contributed by atoms with Crippen LogP contribution in [0.1, 0.15) is 69.3 Å². The molecule has 1 aromatic heterocycles. The molecule has 0 bridgehead atoms. The van der Waals surface area contributed by atoms with Gasteiger partial charge >= 0.3 is 5.97 Å². The fourth-order valence-corrected chi connectivity index (χ4v) is 6.01. The number of amides is 1. The number of esters is 1. The van der Waals surface area contributed by atoms with Crippen LogP contribution in [0.3, 0.4) is 0 Å². The van der Waals surface area contributed by atoms with Crippen LogP contribution in [-0.4, -0.2) is 36.2 Å². The van der Waals surface area contributed by atoms with E-state index in [1.54, 1.807) is 0 Å². The highest BCUT2D eigenvalue weighted by Crippen LogP contribution is 2.42. The van der Waals surface area contributed by atoms with Crippen LogP contribution in [0.5, 0.6) is 0 Å². The number of nitrogens with zero attached hydrogens (tertiary/aromatic N) is 1. The molecule has 0 radical (unpaired) electrons. The van der Waals surface area contributed by atoms with E-state index >= 15 is 0 Å². The molecule has 0 atom stereocenters. The maximum Gasteiger partial charge on any atom is 0.350 e. The van der Waals surface area contributed by atoms with E-state index in [9.17, 15) is 14.7 Å². The lowest BCUT2D eigenvalue weighted by atomic mass is 9.81. The summed E-state index contributed by atoms with van der Waals surface area (Å²) in [6.45, 7) is 2.23. The minimum absolute atomic E-state index is 0.0601. The Kier molecular flexibility index (Phi) is 6.89. The predicted molar refractivity (Wildman–Crippen MR) is 128 cm³/mol. The molecule has 2 fully saturated rings. The van der Waals surface area contributed by atoms with E-state index in [0.717, 1.165) is 36.1 Å². The third-order valence-corrected chi connectivity index (χ3v) is 8.05. The number of carbonyl (C=O) groups excluding carboxylic acids is 2. The number of benzene rings is 1. The zero-order chi connectivity index (χ0) is 23.6. The van der Waals surface area contributed by atoms with Crippen molar-refractivity contribution < 1.29 is 20.8 Å². The first-order valence-electron chi connectivity index (χ1n) is 12.1. The van der Waals surface area contributed by atoms with Crippen molar-refractivity contribution in [2.75, 3.05) is 12.0 Å². The molecule has 172 valence electrons. The van der Waals surface area contributed by atoms with Crippen molar-refractivity contribution in [2.45, 2.75) is 70.4 Å². The van der Waals surface area contributed by atoms with Crippen LogP contribution in [0.4, 0.5) is 5.69 Å². The van der Waals surface area contributed by atoms with Gasteiger partial charge in [0.2, 0.25) is 5.91 Å². The van der Waals surface area contributed by atoms with Gasteiger partial charge in [-0.1, -0.05) is 37.3 Å². The van der Waals surface area contributed by atoms with Gasteiger partial charge in [-0.05, 0) is 68.9 Å². The number of methoxy groups -OCH3 is 1. The summed E-state index contributed by atoms with van der Waals surface area (Å²) in [4.78, 5) is 29.9. The standard InChI is InChI=1S/C26H33NO4S/c1-17-8-10-19(11-9-17)25(29)27(20-12-14-21(28)15-13-20)22-16-23(18-6-4-3-5-7-18)32-24(22)26(30)31-2/h3-7,16-17,19-21,28H,8-15H2,1-2H3/t17-,19-,20-,21+/i21D. The molecule has 1 amide bonds. The Bertz CT molecular complexity index is 971. The van der Waals surface area contributed by atoms with Gasteiger partial charge in [-0.3, -0.25) is 4.79 Å². The summed E-state index contributed by atoms with van der Waals surface area (Å²) < 4.78 is 13.1. The zero-order valence-electron chi connectivity index (χ0n) is 19.9. The van der Waals surface area contributed by atoms with E-state index in [4.69, 9.17) is 6.11 Å². The van der Waals surface area contributed by atoms with Gasteiger partial charge in [0.1, 0.15) is 4.88 Å². The summed E-state index contributed by atoms with van der Waals surface area (Å²) in [5.41, 5.74) is 1.59. The maximum absolute atomic E-state index is 13.9. The lowest BCUT2D eigenvalue weighted by molar-refractivity contribution is -0.124. The normalized spacial score (nSPS) is 28.6. The zero-order valence-corrected chi connectivity index (χ0v) is 19.7. The van der Waals surface area contributed by atoms with Gasteiger partial charge in [0, 0.05) is 16.8 Å². The number of ether oxygens (including phenoxy) is 1. The van der Waals surface area contributed by atoms with E-state index in [1.165, 1.54) is 18.4 Å². The van der Waals surface area contributed by atoms with Crippen LogP contribution >= 0.6 is 11.3 Å². The molecule has 0 spiro atoms. The molecular formula is C26H33NO4S. The van der Waals surface area contributed by atoms with E-state index < -0.39 is 12.0 Å². The summed E-state index contributed by atoms with van der Waals surface area (Å²) in [5.74, 6) is 0.181. The van der Waals surface area contributed by atoms with Crippen LogP contribution < -0.4 is 4.90 Å². The second kappa shape index (κ2) is 10.2. The molecule has 2 aliphatic rings. The van der Waals surface area contributed by atoms with Crippen LogP contribution in [0.2, 0.25) is 0 Å². The van der Waals surface area contributed by atoms with Gasteiger partial charge < -0.3 is 14.7 Å². The highest BCUT2D eigenvalue weighted by molar-refractivity contribution is 7.18. The molecule has 1 aromatic carbocycles. The molecule has 2 saturated carbocycles. The molecule has 1 heterocycles. The van der Waals surface area contributed by atoms with Crippen molar-refractivity contribution >= 4 is 28.9 Å². The fourth-order valence-electron chi connectivity index (χ4n) is 4.94. The Balaban J connectivity index is 1.75. The molecule has 32 heavy (non-hydrogen) atoms. The van der Waals surface area contributed by atoms with Crippen molar-refractivity contribution in [1.29, 1.82) is 0 Å². The molecule has 1 N–H and O–H groups in total. The van der Waals surface area contributed by atoms with Crippen LogP contribution in [0.25, 0.3) is 10.4 Å². The monoisotopic (exact) mass is 456 g/mol. The maximum atomic E-state index is 13.9. The van der Waals surface area contributed by atoms with Crippen LogP contribution in [-0.2, 0) is 9.53 Å². The second-order valence-corrected chi connectivity index (χ2v) is 10.2. The molecule has 4 rings (SSSR count). The Morgan fingerprint density at radius 2 is 1.72 bits per heavy atom. The number of hydrogen-bond acceptors (Lipinski definition) is 5. The lowest BCUT2D eigenvalue weighted by Crippen LogP contribution is -2.47. The van der Waals surface area contributed by atoms with Crippen LogP contribution in [0.15, 0.2) is 36.4 Å². The first-order chi connectivity index (χ1) is 15.8. The van der Waals surface area contributed by atoms with Crippen molar-refractivity contribution in [3.05, 3.63) is 41.3 Å². The SMILES string of the molecule is [2H][C@]1(O)CC[C@@H](N(c2cc(-c3ccccc3)sc2C(=O)OC)C(=O)[C@H]2CC[C@H](C)CC2)CC1. The van der Waals surface area contributed by atoms with Gasteiger partial charge in [0.05, 0.1) is 20.2 Å². The van der Waals surface area contributed by atoms with Gasteiger partial charge in [-0.2, -0.15) is 0 Å². The molecule has 2 aromatic rings. The average Bonchev–Trinajstić information content (AvgIpc) is 3.25. The number of rotatable bonds is 5. The highest BCUT2D eigenvalue weighted by atomic mass is 32.1. The van der Waals surface area contributed by atoms with Crippen molar-refractivity contribution in [3.8, 4) is 10.4 Å². The third-order valence-electron chi connectivity index (χ3n) is 6.90. The average molecular weight is 457 g/mol. The molecule has 0 aliphatic heterocycles. The van der Waals surface area contributed by atoms with Gasteiger partial charge in [0.15, 0.2) is 0 Å². The van der Waals surface area contributed by atoms with Gasteiger partial charge in [-0.15, -0.1) is 11.3 Å². The lowest BCUT2D eigenvalue weighted by Gasteiger charge is -2.38. The van der Waals surface area contributed by atoms with Crippen molar-refractivity contribution in [3.63, 3.8) is 0 Å². The number of thiophene rings is 1. The van der Waals surface area contributed by atoms with E-state index in [2.05, 4.69) is 6.92 Å². The van der Waals surface area contributed by atoms with E-state index in [0.29, 0.717) is 42.2 Å². The minimum Gasteiger partial charge on any atom is -0.465 e. The Morgan fingerprint density at radius 3 is 2.34 bits per heavy atom. The van der Waals surface area contributed by atoms with Gasteiger partial charge in [-0.25, -0.2) is 4.79 Å². The number of hydrogen-bond donors (Lipinski definition) is 1. The molecule has 5 nitrogen and oxygen atoms in total. The number of carbonyl (C=O) groups is 2. The predicted octanol–water partition coefficient (Wildman–Crippen LogP) is 5.66. The summed E-state index contributed by atoms with van der Waals surface area (Å²) in [5, 5.41) is 10.2. The number of aliphatic hydroxyl groups is 1. The minimum atomic E-state index is -1.44. The Hall–Kier alpha value is -2.18. The first-order valence-corrected chi connectivity index (χ1v) is 12.4. The second-order valence-electron chi connectivity index (χ2n) is 9.15. The molecule has 2 aliphatic carbocycles. The molecule has 0 unspecified atom stereocenters. The fraction of sp³-hybridized carbons (Fsp3) is 0.538. The smallest absolute Gasteiger partial charge is 0.350 e. The Morgan fingerprint density at radius 1 is 1.06 bits per heavy atom. The van der Waals surface area contributed by atoms with E-state index in [-0.39, 0.29) is 17.9 Å². The summed E-state index contributed by atoms with van der Waals surface area (Å²) in [7, 11) is 1.36. The third kappa shape index (κ3) is 4.91. The van der Waals surface area contributed by atoms with Crippen molar-refractivity contribution in [2.24, 2.45) is 11.8 Å². The van der Waals surface area contributed by atoms with Gasteiger partial charge in [0.25, 0.3) is 0 Å². The molecular weight excluding hydrogens is 422 g/mol. The highest BCUT2D eigenvalue weighted by Gasteiger charge is 2.37. The van der Waals surface area contributed by atoms with Crippen molar-refractivity contribution in [1.82, 2.24) is 0 Å². The topological polar surface area (TPSA) is 66.8 Å². The number of anilines is 1.